The summed E-state index contributed by atoms with van der Waals surface area (Å²) in [5, 5.41) is 3.38. The van der Waals surface area contributed by atoms with Crippen molar-refractivity contribution in [1.82, 2.24) is 5.32 Å². The maximum absolute atomic E-state index is 11.2. The zero-order valence-corrected chi connectivity index (χ0v) is 11.1. The van der Waals surface area contributed by atoms with Crippen LogP contribution < -0.4 is 5.32 Å². The van der Waals surface area contributed by atoms with Crippen LogP contribution in [0.3, 0.4) is 0 Å². The largest absolute Gasteiger partial charge is 0.310 e. The number of benzene rings is 1. The third-order valence-electron chi connectivity index (χ3n) is 3.07. The van der Waals surface area contributed by atoms with Crippen molar-refractivity contribution in [2.45, 2.75) is 31.3 Å². The lowest BCUT2D eigenvalue weighted by atomic mass is 10.1. The van der Waals surface area contributed by atoms with E-state index < -0.39 is 9.84 Å². The Morgan fingerprint density at radius 1 is 1.35 bits per heavy atom. The first-order chi connectivity index (χ1) is 7.96. The van der Waals surface area contributed by atoms with Crippen LogP contribution in [-0.4, -0.2) is 32.5 Å². The molecule has 3 atom stereocenters. The first kappa shape index (κ1) is 12.6. The van der Waals surface area contributed by atoms with E-state index in [1.54, 1.807) is 0 Å². The van der Waals surface area contributed by atoms with Crippen LogP contribution in [0.4, 0.5) is 0 Å². The van der Waals surface area contributed by atoms with E-state index in [1.165, 1.54) is 11.8 Å². The summed E-state index contributed by atoms with van der Waals surface area (Å²) in [5.41, 5.74) is 1.34. The lowest BCUT2D eigenvalue weighted by Gasteiger charge is -2.12. The van der Waals surface area contributed by atoms with Gasteiger partial charge in [-0.15, -0.1) is 0 Å². The quantitative estimate of drug-likeness (QED) is 0.866. The van der Waals surface area contributed by atoms with Gasteiger partial charge in [0.1, 0.15) is 9.84 Å². The number of nitrogens with one attached hydrogen (secondary N) is 1. The maximum Gasteiger partial charge on any atom is 0.148 e. The Hall–Kier alpha value is -0.870. The minimum atomic E-state index is -2.89. The average molecular weight is 253 g/mol. The fourth-order valence-electron chi connectivity index (χ4n) is 2.32. The Kier molecular flexibility index (Phi) is 3.54. The van der Waals surface area contributed by atoms with E-state index in [9.17, 15) is 8.42 Å². The normalized spacial score (nSPS) is 25.5. The summed E-state index contributed by atoms with van der Waals surface area (Å²) in [6.07, 6.45) is 2.39. The van der Waals surface area contributed by atoms with Crippen LogP contribution in [0.15, 0.2) is 30.3 Å². The highest BCUT2D eigenvalue weighted by atomic mass is 32.2. The molecule has 1 N–H and O–H groups in total. The summed E-state index contributed by atoms with van der Waals surface area (Å²) in [6, 6.07) is 10.8. The monoisotopic (exact) mass is 253 g/mol. The summed E-state index contributed by atoms with van der Waals surface area (Å²) in [5.74, 6) is 0.767. The van der Waals surface area contributed by atoms with Crippen LogP contribution in [0, 0.1) is 0 Å². The fraction of sp³-hybridized carbons (Fsp3) is 0.538. The topological polar surface area (TPSA) is 46.2 Å². The van der Waals surface area contributed by atoms with E-state index in [2.05, 4.69) is 17.4 Å². The molecule has 1 aromatic carbocycles. The van der Waals surface area contributed by atoms with Gasteiger partial charge in [-0.1, -0.05) is 30.3 Å². The second-order valence-electron chi connectivity index (χ2n) is 5.02. The molecule has 1 aliphatic rings. The van der Waals surface area contributed by atoms with Gasteiger partial charge in [0.25, 0.3) is 0 Å². The number of sulfone groups is 1. The van der Waals surface area contributed by atoms with Crippen molar-refractivity contribution in [3.05, 3.63) is 35.9 Å². The van der Waals surface area contributed by atoms with Gasteiger partial charge in [0.2, 0.25) is 0 Å². The Morgan fingerprint density at radius 3 is 2.59 bits per heavy atom. The highest BCUT2D eigenvalue weighted by Crippen LogP contribution is 2.40. The summed E-state index contributed by atoms with van der Waals surface area (Å²) >= 11 is 0. The molecule has 0 heterocycles. The molecule has 0 bridgehead atoms. The van der Waals surface area contributed by atoms with Gasteiger partial charge in [0.15, 0.2) is 0 Å². The van der Waals surface area contributed by atoms with Crippen molar-refractivity contribution in [3.63, 3.8) is 0 Å². The molecule has 3 nitrogen and oxygen atoms in total. The molecule has 4 heteroatoms. The molecule has 1 fully saturated rings. The number of rotatable bonds is 5. The summed E-state index contributed by atoms with van der Waals surface area (Å²) < 4.78 is 22.3. The van der Waals surface area contributed by atoms with Crippen LogP contribution in [0.1, 0.15) is 24.8 Å². The molecular formula is C13H19NO2S. The Labute approximate surface area is 103 Å². The molecule has 3 unspecified atom stereocenters. The van der Waals surface area contributed by atoms with Crippen molar-refractivity contribution in [2.24, 2.45) is 0 Å². The van der Waals surface area contributed by atoms with Crippen LogP contribution in [0.25, 0.3) is 0 Å². The smallest absolute Gasteiger partial charge is 0.148 e. The van der Waals surface area contributed by atoms with Crippen molar-refractivity contribution < 1.29 is 8.42 Å². The number of hydrogen-bond donors (Lipinski definition) is 1. The van der Waals surface area contributed by atoms with Gasteiger partial charge in [-0.25, -0.2) is 8.42 Å². The summed E-state index contributed by atoms with van der Waals surface area (Å²) in [7, 11) is -2.89. The van der Waals surface area contributed by atoms with Crippen LogP contribution >= 0.6 is 0 Å². The van der Waals surface area contributed by atoms with Crippen molar-refractivity contribution in [3.8, 4) is 0 Å². The highest BCUT2D eigenvalue weighted by molar-refractivity contribution is 7.90. The molecule has 2 rings (SSSR count). The van der Waals surface area contributed by atoms with Crippen LogP contribution in [0.2, 0.25) is 0 Å². The predicted molar refractivity (Wildman–Crippen MR) is 69.9 cm³/mol. The van der Waals surface area contributed by atoms with Crippen molar-refractivity contribution in [2.75, 3.05) is 12.0 Å². The van der Waals surface area contributed by atoms with Crippen LogP contribution in [-0.2, 0) is 9.84 Å². The first-order valence-electron chi connectivity index (χ1n) is 5.94. The predicted octanol–water partition coefficient (Wildman–Crippen LogP) is 1.57. The van der Waals surface area contributed by atoms with Gasteiger partial charge in [-0.3, -0.25) is 0 Å². The molecular weight excluding hydrogens is 234 g/mol. The van der Waals surface area contributed by atoms with Crippen LogP contribution in [0.5, 0.6) is 0 Å². The second kappa shape index (κ2) is 4.78. The van der Waals surface area contributed by atoms with E-state index in [4.69, 9.17) is 0 Å². The molecule has 0 aliphatic heterocycles. The molecule has 0 saturated heterocycles. The molecule has 0 aromatic heterocycles. The first-order valence-corrected chi connectivity index (χ1v) is 8.00. The third kappa shape index (κ3) is 3.82. The van der Waals surface area contributed by atoms with Gasteiger partial charge in [-0.2, -0.15) is 0 Å². The van der Waals surface area contributed by atoms with Gasteiger partial charge in [0.05, 0.1) is 5.75 Å². The lowest BCUT2D eigenvalue weighted by Crippen LogP contribution is -2.34. The Bertz CT molecular complexity index is 469. The molecule has 17 heavy (non-hydrogen) atoms. The SMILES string of the molecule is CC(CS(C)(=O)=O)NC1CC1c1ccccc1. The van der Waals surface area contributed by atoms with Gasteiger partial charge >= 0.3 is 0 Å². The summed E-state index contributed by atoms with van der Waals surface area (Å²) in [4.78, 5) is 0. The Morgan fingerprint density at radius 2 is 2.00 bits per heavy atom. The van der Waals surface area contributed by atoms with Gasteiger partial charge in [-0.05, 0) is 18.9 Å². The Balaban J connectivity index is 1.84. The lowest BCUT2D eigenvalue weighted by molar-refractivity contribution is 0.554. The third-order valence-corrected chi connectivity index (χ3v) is 4.18. The molecule has 0 spiro atoms. The average Bonchev–Trinajstić information content (AvgIpc) is 2.95. The molecule has 0 radical (unpaired) electrons. The van der Waals surface area contributed by atoms with Gasteiger partial charge < -0.3 is 5.32 Å². The summed E-state index contributed by atoms with van der Waals surface area (Å²) in [6.45, 7) is 1.93. The minimum absolute atomic E-state index is 0.0312. The molecule has 1 aliphatic carbocycles. The highest BCUT2D eigenvalue weighted by Gasteiger charge is 2.38. The van der Waals surface area contributed by atoms with E-state index in [-0.39, 0.29) is 11.8 Å². The second-order valence-corrected chi connectivity index (χ2v) is 7.20. The standard InChI is InChI=1S/C13H19NO2S/c1-10(9-17(2,15)16)14-13-8-12(13)11-6-4-3-5-7-11/h3-7,10,12-14H,8-9H2,1-2H3. The fourth-order valence-corrected chi connectivity index (χ4v) is 3.32. The molecule has 1 saturated carbocycles. The van der Waals surface area contributed by atoms with E-state index in [0.29, 0.717) is 12.0 Å². The zero-order chi connectivity index (χ0) is 12.5. The van der Waals surface area contributed by atoms with E-state index in [1.807, 2.05) is 25.1 Å². The maximum atomic E-state index is 11.2. The van der Waals surface area contributed by atoms with Gasteiger partial charge in [0, 0.05) is 24.3 Å². The van der Waals surface area contributed by atoms with Crippen molar-refractivity contribution >= 4 is 9.84 Å². The van der Waals surface area contributed by atoms with Crippen molar-refractivity contribution in [1.29, 1.82) is 0 Å². The molecule has 1 aromatic rings. The van der Waals surface area contributed by atoms with E-state index >= 15 is 0 Å². The molecule has 94 valence electrons. The number of hydrogen-bond acceptors (Lipinski definition) is 3. The molecule has 0 amide bonds. The van der Waals surface area contributed by atoms with E-state index in [0.717, 1.165) is 6.42 Å². The minimum Gasteiger partial charge on any atom is -0.310 e. The zero-order valence-electron chi connectivity index (χ0n) is 10.3.